The lowest BCUT2D eigenvalue weighted by Gasteiger charge is -2.18. The van der Waals surface area contributed by atoms with Gasteiger partial charge in [0.05, 0.1) is 0 Å². The molecule has 1 heterocycles. The summed E-state index contributed by atoms with van der Waals surface area (Å²) in [6, 6.07) is 17.3. The monoisotopic (exact) mass is 276 g/mol. The third-order valence-electron chi connectivity index (χ3n) is 3.90. The highest BCUT2D eigenvalue weighted by Crippen LogP contribution is 2.32. The van der Waals surface area contributed by atoms with Crippen molar-refractivity contribution >= 4 is 10.8 Å². The number of benzene rings is 2. The van der Waals surface area contributed by atoms with Gasteiger partial charge in [0.25, 0.3) is 0 Å². The van der Waals surface area contributed by atoms with Crippen molar-refractivity contribution in [1.82, 2.24) is 10.3 Å². The molecule has 3 rings (SSSR count). The predicted molar refractivity (Wildman–Crippen MR) is 89.3 cm³/mol. The second-order valence-corrected chi connectivity index (χ2v) is 5.27. The third-order valence-corrected chi connectivity index (χ3v) is 3.90. The average Bonchev–Trinajstić information content (AvgIpc) is 2.54. The zero-order valence-corrected chi connectivity index (χ0v) is 12.5. The molecule has 3 aromatic rings. The normalized spacial score (nSPS) is 12.5. The first-order valence-electron chi connectivity index (χ1n) is 7.46. The standard InChI is InChI=1S/C19H20N2/c1-3-21-14(2)16-9-6-7-11-18(16)19-13-20-12-15-8-4-5-10-17(15)19/h4-14,21H,3H2,1-2H3. The molecule has 0 bridgehead atoms. The van der Waals surface area contributed by atoms with Gasteiger partial charge in [-0.25, -0.2) is 0 Å². The van der Waals surface area contributed by atoms with Crippen LogP contribution in [0.4, 0.5) is 0 Å². The van der Waals surface area contributed by atoms with Crippen LogP contribution in [0.15, 0.2) is 60.9 Å². The minimum absolute atomic E-state index is 0.324. The summed E-state index contributed by atoms with van der Waals surface area (Å²) in [6.45, 7) is 5.31. The Labute approximate surface area is 125 Å². The first kappa shape index (κ1) is 13.8. The summed E-state index contributed by atoms with van der Waals surface area (Å²) in [5.74, 6) is 0. The van der Waals surface area contributed by atoms with E-state index in [0.717, 1.165) is 6.54 Å². The first-order valence-corrected chi connectivity index (χ1v) is 7.46. The lowest BCUT2D eigenvalue weighted by molar-refractivity contribution is 0.599. The van der Waals surface area contributed by atoms with Crippen molar-refractivity contribution in [1.29, 1.82) is 0 Å². The van der Waals surface area contributed by atoms with Crippen molar-refractivity contribution < 1.29 is 0 Å². The summed E-state index contributed by atoms with van der Waals surface area (Å²) < 4.78 is 0. The number of rotatable bonds is 4. The molecule has 2 aromatic carbocycles. The fraction of sp³-hybridized carbons (Fsp3) is 0.211. The summed E-state index contributed by atoms with van der Waals surface area (Å²) in [6.07, 6.45) is 3.90. The summed E-state index contributed by atoms with van der Waals surface area (Å²) in [7, 11) is 0. The highest BCUT2D eigenvalue weighted by molar-refractivity contribution is 5.96. The molecule has 1 atom stereocenters. The van der Waals surface area contributed by atoms with Gasteiger partial charge in [-0.3, -0.25) is 4.98 Å². The lowest BCUT2D eigenvalue weighted by atomic mass is 9.93. The molecule has 0 aliphatic rings. The lowest BCUT2D eigenvalue weighted by Crippen LogP contribution is -2.18. The number of nitrogens with zero attached hydrogens (tertiary/aromatic N) is 1. The minimum atomic E-state index is 0.324. The van der Waals surface area contributed by atoms with Crippen LogP contribution in [-0.2, 0) is 0 Å². The van der Waals surface area contributed by atoms with E-state index in [4.69, 9.17) is 0 Å². The van der Waals surface area contributed by atoms with Crippen molar-refractivity contribution in [2.75, 3.05) is 6.54 Å². The van der Waals surface area contributed by atoms with Gasteiger partial charge in [0, 0.05) is 29.4 Å². The Morgan fingerprint density at radius 1 is 0.952 bits per heavy atom. The van der Waals surface area contributed by atoms with E-state index in [0.29, 0.717) is 6.04 Å². The zero-order valence-electron chi connectivity index (χ0n) is 12.5. The SMILES string of the molecule is CCNC(C)c1ccccc1-c1cncc2ccccc12. The Kier molecular flexibility index (Phi) is 3.98. The Hall–Kier alpha value is -2.19. The van der Waals surface area contributed by atoms with E-state index >= 15 is 0 Å². The van der Waals surface area contributed by atoms with E-state index in [1.807, 2.05) is 12.4 Å². The number of hydrogen-bond donors (Lipinski definition) is 1. The Morgan fingerprint density at radius 2 is 1.71 bits per heavy atom. The zero-order chi connectivity index (χ0) is 14.7. The van der Waals surface area contributed by atoms with E-state index in [2.05, 4.69) is 72.7 Å². The molecule has 2 nitrogen and oxygen atoms in total. The van der Waals surface area contributed by atoms with Crippen LogP contribution < -0.4 is 5.32 Å². The van der Waals surface area contributed by atoms with Crippen molar-refractivity contribution in [2.45, 2.75) is 19.9 Å². The van der Waals surface area contributed by atoms with Crippen LogP contribution in [0.1, 0.15) is 25.5 Å². The fourth-order valence-corrected chi connectivity index (χ4v) is 2.87. The van der Waals surface area contributed by atoms with Crippen molar-refractivity contribution in [2.24, 2.45) is 0 Å². The Morgan fingerprint density at radius 3 is 2.57 bits per heavy atom. The maximum absolute atomic E-state index is 4.42. The second-order valence-electron chi connectivity index (χ2n) is 5.27. The van der Waals surface area contributed by atoms with Crippen molar-refractivity contribution in [3.05, 3.63) is 66.5 Å². The number of fused-ring (bicyclic) bond motifs is 1. The fourth-order valence-electron chi connectivity index (χ4n) is 2.87. The largest absolute Gasteiger partial charge is 0.310 e. The number of pyridine rings is 1. The molecule has 1 unspecified atom stereocenters. The highest BCUT2D eigenvalue weighted by atomic mass is 14.9. The van der Waals surface area contributed by atoms with Crippen LogP contribution in [0.5, 0.6) is 0 Å². The topological polar surface area (TPSA) is 24.9 Å². The van der Waals surface area contributed by atoms with Gasteiger partial charge in [-0.05, 0) is 30.0 Å². The van der Waals surface area contributed by atoms with E-state index < -0.39 is 0 Å². The molecule has 0 radical (unpaired) electrons. The highest BCUT2D eigenvalue weighted by Gasteiger charge is 2.12. The van der Waals surface area contributed by atoms with Crippen LogP contribution in [-0.4, -0.2) is 11.5 Å². The quantitative estimate of drug-likeness (QED) is 0.755. The third kappa shape index (κ3) is 2.67. The van der Waals surface area contributed by atoms with Gasteiger partial charge in [0.1, 0.15) is 0 Å². The Bertz CT molecular complexity index is 744. The van der Waals surface area contributed by atoms with Gasteiger partial charge in [-0.2, -0.15) is 0 Å². The molecule has 1 aromatic heterocycles. The number of aromatic nitrogens is 1. The summed E-state index contributed by atoms with van der Waals surface area (Å²) >= 11 is 0. The van der Waals surface area contributed by atoms with E-state index in [1.54, 1.807) is 0 Å². The number of nitrogens with one attached hydrogen (secondary N) is 1. The van der Waals surface area contributed by atoms with Crippen LogP contribution in [0, 0.1) is 0 Å². The van der Waals surface area contributed by atoms with Gasteiger partial charge in [-0.1, -0.05) is 55.5 Å². The maximum Gasteiger partial charge on any atom is 0.0352 e. The van der Waals surface area contributed by atoms with Crippen LogP contribution in [0.25, 0.3) is 21.9 Å². The molecule has 0 saturated heterocycles. The molecule has 1 N–H and O–H groups in total. The van der Waals surface area contributed by atoms with Gasteiger partial charge in [-0.15, -0.1) is 0 Å². The van der Waals surface area contributed by atoms with Crippen LogP contribution >= 0.6 is 0 Å². The average molecular weight is 276 g/mol. The maximum atomic E-state index is 4.42. The van der Waals surface area contributed by atoms with Crippen LogP contribution in [0.3, 0.4) is 0 Å². The molecule has 0 fully saturated rings. The van der Waals surface area contributed by atoms with Gasteiger partial charge in [0.2, 0.25) is 0 Å². The summed E-state index contributed by atoms with van der Waals surface area (Å²) in [5.41, 5.74) is 3.78. The molecule has 2 heteroatoms. The van der Waals surface area contributed by atoms with Gasteiger partial charge < -0.3 is 5.32 Å². The van der Waals surface area contributed by atoms with Gasteiger partial charge >= 0.3 is 0 Å². The molecular weight excluding hydrogens is 256 g/mol. The first-order chi connectivity index (χ1) is 10.3. The molecular formula is C19H20N2. The summed E-state index contributed by atoms with van der Waals surface area (Å²) in [5, 5.41) is 5.93. The van der Waals surface area contributed by atoms with Gasteiger partial charge in [0.15, 0.2) is 0 Å². The van der Waals surface area contributed by atoms with E-state index in [-0.39, 0.29) is 0 Å². The van der Waals surface area contributed by atoms with E-state index in [1.165, 1.54) is 27.5 Å². The molecule has 0 amide bonds. The Balaban J connectivity index is 2.19. The molecule has 0 aliphatic carbocycles. The molecule has 106 valence electrons. The minimum Gasteiger partial charge on any atom is -0.310 e. The van der Waals surface area contributed by atoms with Crippen LogP contribution in [0.2, 0.25) is 0 Å². The molecule has 0 aliphatic heterocycles. The van der Waals surface area contributed by atoms with E-state index in [9.17, 15) is 0 Å². The molecule has 0 saturated carbocycles. The predicted octanol–water partition coefficient (Wildman–Crippen LogP) is 4.57. The van der Waals surface area contributed by atoms with Crippen molar-refractivity contribution in [3.63, 3.8) is 0 Å². The smallest absolute Gasteiger partial charge is 0.0352 e. The number of hydrogen-bond acceptors (Lipinski definition) is 2. The molecule has 0 spiro atoms. The second kappa shape index (κ2) is 6.06. The summed E-state index contributed by atoms with van der Waals surface area (Å²) in [4.78, 5) is 4.42. The molecule has 21 heavy (non-hydrogen) atoms. The van der Waals surface area contributed by atoms with Crippen molar-refractivity contribution in [3.8, 4) is 11.1 Å².